The zero-order valence-corrected chi connectivity index (χ0v) is 15.8. The molecule has 0 aliphatic heterocycles. The van der Waals surface area contributed by atoms with E-state index in [1.165, 1.54) is 18.5 Å². The molecule has 0 saturated carbocycles. The van der Waals surface area contributed by atoms with Crippen LogP contribution in [0, 0.1) is 5.82 Å². The molecule has 0 aliphatic rings. The van der Waals surface area contributed by atoms with E-state index in [4.69, 9.17) is 23.2 Å². The van der Waals surface area contributed by atoms with E-state index in [1.807, 2.05) is 25.3 Å². The number of halogens is 3. The van der Waals surface area contributed by atoms with E-state index >= 15 is 0 Å². The summed E-state index contributed by atoms with van der Waals surface area (Å²) in [5.74, 6) is -0.504. The standard InChI is InChI=1S/C20H14Cl2FN3O/c1-2-25-11-24-19-18(20(25)27)15(12-3-5-13(21)6-4-12)10-26(19)14-7-8-17(23)16(22)9-14/h3-11H,2H2,1H3. The largest absolute Gasteiger partial charge is 0.300 e. The highest BCUT2D eigenvalue weighted by molar-refractivity contribution is 6.31. The van der Waals surface area contributed by atoms with Crippen LogP contribution in [-0.2, 0) is 6.54 Å². The third kappa shape index (κ3) is 3.03. The SMILES string of the molecule is CCn1cnc2c(c(-c3ccc(Cl)cc3)cn2-c2ccc(F)c(Cl)c2)c1=O. The summed E-state index contributed by atoms with van der Waals surface area (Å²) < 4.78 is 16.9. The predicted octanol–water partition coefficient (Wildman–Crippen LogP) is 5.32. The number of benzene rings is 2. The first-order valence-electron chi connectivity index (χ1n) is 8.31. The molecule has 0 N–H and O–H groups in total. The van der Waals surface area contributed by atoms with Crippen LogP contribution in [0.5, 0.6) is 0 Å². The summed E-state index contributed by atoms with van der Waals surface area (Å²) in [6.45, 7) is 2.39. The lowest BCUT2D eigenvalue weighted by Gasteiger charge is -2.06. The van der Waals surface area contributed by atoms with E-state index in [2.05, 4.69) is 4.98 Å². The Balaban J connectivity index is 2.06. The number of hydrogen-bond acceptors (Lipinski definition) is 2. The molecular weight excluding hydrogens is 388 g/mol. The summed E-state index contributed by atoms with van der Waals surface area (Å²) in [5, 5.41) is 1.10. The van der Waals surface area contributed by atoms with Gasteiger partial charge in [-0.15, -0.1) is 0 Å². The van der Waals surface area contributed by atoms with Crippen molar-refractivity contribution in [3.05, 3.63) is 81.2 Å². The van der Waals surface area contributed by atoms with Gasteiger partial charge in [0.15, 0.2) is 5.65 Å². The normalized spacial score (nSPS) is 11.3. The zero-order chi connectivity index (χ0) is 19.1. The van der Waals surface area contributed by atoms with Gasteiger partial charge in [0.25, 0.3) is 5.56 Å². The predicted molar refractivity (Wildman–Crippen MR) is 106 cm³/mol. The molecule has 0 atom stereocenters. The molecule has 2 aromatic carbocycles. The van der Waals surface area contributed by atoms with Gasteiger partial charge in [0.2, 0.25) is 0 Å². The second-order valence-electron chi connectivity index (χ2n) is 6.05. The highest BCUT2D eigenvalue weighted by atomic mass is 35.5. The van der Waals surface area contributed by atoms with Crippen LogP contribution in [0.4, 0.5) is 4.39 Å². The molecule has 0 fully saturated rings. The van der Waals surface area contributed by atoms with E-state index in [9.17, 15) is 9.18 Å². The monoisotopic (exact) mass is 401 g/mol. The highest BCUT2D eigenvalue weighted by Gasteiger charge is 2.18. The average molecular weight is 402 g/mol. The summed E-state index contributed by atoms with van der Waals surface area (Å²) in [5.41, 5.74) is 2.52. The van der Waals surface area contributed by atoms with E-state index in [-0.39, 0.29) is 10.6 Å². The molecule has 0 amide bonds. The van der Waals surface area contributed by atoms with Crippen molar-refractivity contribution in [2.75, 3.05) is 0 Å². The molecule has 2 heterocycles. The summed E-state index contributed by atoms with van der Waals surface area (Å²) in [4.78, 5) is 17.5. The molecule has 0 aliphatic carbocycles. The zero-order valence-electron chi connectivity index (χ0n) is 14.3. The van der Waals surface area contributed by atoms with Gasteiger partial charge in [0, 0.05) is 29.0 Å². The number of hydrogen-bond donors (Lipinski definition) is 0. The molecule has 0 spiro atoms. The third-order valence-electron chi connectivity index (χ3n) is 4.45. The lowest BCUT2D eigenvalue weighted by molar-refractivity contribution is 0.628. The fourth-order valence-corrected chi connectivity index (χ4v) is 3.36. The first-order valence-corrected chi connectivity index (χ1v) is 9.07. The average Bonchev–Trinajstić information content (AvgIpc) is 3.05. The number of aryl methyl sites for hydroxylation is 1. The molecule has 27 heavy (non-hydrogen) atoms. The lowest BCUT2D eigenvalue weighted by Crippen LogP contribution is -2.19. The first kappa shape index (κ1) is 17.8. The fraction of sp³-hybridized carbons (Fsp3) is 0.100. The maximum absolute atomic E-state index is 13.6. The Morgan fingerprint density at radius 1 is 1.11 bits per heavy atom. The Morgan fingerprint density at radius 2 is 1.85 bits per heavy atom. The number of rotatable bonds is 3. The molecule has 0 saturated heterocycles. The quantitative estimate of drug-likeness (QED) is 0.465. The van der Waals surface area contributed by atoms with Gasteiger partial charge < -0.3 is 4.57 Å². The van der Waals surface area contributed by atoms with Gasteiger partial charge in [-0.25, -0.2) is 9.37 Å². The molecule has 136 valence electrons. The molecule has 2 aromatic heterocycles. The Hall–Kier alpha value is -2.63. The van der Waals surface area contributed by atoms with Gasteiger partial charge in [-0.2, -0.15) is 0 Å². The van der Waals surface area contributed by atoms with Gasteiger partial charge in [-0.05, 0) is 42.8 Å². The maximum atomic E-state index is 13.6. The summed E-state index contributed by atoms with van der Waals surface area (Å²) in [6, 6.07) is 11.6. The molecule has 4 rings (SSSR count). The van der Waals surface area contributed by atoms with Crippen LogP contribution in [0.3, 0.4) is 0 Å². The number of fused-ring (bicyclic) bond motifs is 1. The van der Waals surface area contributed by atoms with Gasteiger partial charge in [0.1, 0.15) is 5.82 Å². The van der Waals surface area contributed by atoms with E-state index < -0.39 is 5.82 Å². The maximum Gasteiger partial charge on any atom is 0.263 e. The summed E-state index contributed by atoms with van der Waals surface area (Å²) in [7, 11) is 0. The Labute approximate surface area is 164 Å². The highest BCUT2D eigenvalue weighted by Crippen LogP contribution is 2.31. The Morgan fingerprint density at radius 3 is 2.52 bits per heavy atom. The van der Waals surface area contributed by atoms with Crippen molar-refractivity contribution in [2.45, 2.75) is 13.5 Å². The minimum atomic E-state index is -0.504. The van der Waals surface area contributed by atoms with Crippen LogP contribution >= 0.6 is 23.2 Å². The third-order valence-corrected chi connectivity index (χ3v) is 4.99. The molecule has 4 aromatic rings. The van der Waals surface area contributed by atoms with Crippen LogP contribution in [0.1, 0.15) is 6.92 Å². The molecule has 0 radical (unpaired) electrons. The van der Waals surface area contributed by atoms with E-state index in [0.29, 0.717) is 28.3 Å². The van der Waals surface area contributed by atoms with Crippen LogP contribution in [0.2, 0.25) is 10.0 Å². The van der Waals surface area contributed by atoms with Crippen LogP contribution in [-0.4, -0.2) is 14.1 Å². The minimum Gasteiger partial charge on any atom is -0.300 e. The molecule has 4 nitrogen and oxygen atoms in total. The van der Waals surface area contributed by atoms with Crippen molar-refractivity contribution in [1.82, 2.24) is 14.1 Å². The Kier molecular flexibility index (Phi) is 4.50. The first-order chi connectivity index (χ1) is 13.0. The van der Waals surface area contributed by atoms with Crippen LogP contribution < -0.4 is 5.56 Å². The van der Waals surface area contributed by atoms with Gasteiger partial charge >= 0.3 is 0 Å². The fourth-order valence-electron chi connectivity index (χ4n) is 3.06. The van der Waals surface area contributed by atoms with Gasteiger partial charge in [0.05, 0.1) is 16.7 Å². The summed E-state index contributed by atoms with van der Waals surface area (Å²) in [6.07, 6.45) is 3.32. The van der Waals surface area contributed by atoms with Crippen LogP contribution in [0.25, 0.3) is 27.8 Å². The lowest BCUT2D eigenvalue weighted by atomic mass is 10.1. The summed E-state index contributed by atoms with van der Waals surface area (Å²) >= 11 is 11.9. The molecule has 0 bridgehead atoms. The van der Waals surface area contributed by atoms with Crippen molar-refractivity contribution < 1.29 is 4.39 Å². The minimum absolute atomic E-state index is 0.00398. The second-order valence-corrected chi connectivity index (χ2v) is 6.90. The van der Waals surface area contributed by atoms with Crippen molar-refractivity contribution in [2.24, 2.45) is 0 Å². The van der Waals surface area contributed by atoms with Crippen LogP contribution in [0.15, 0.2) is 59.8 Å². The van der Waals surface area contributed by atoms with Crippen molar-refractivity contribution >= 4 is 34.2 Å². The van der Waals surface area contributed by atoms with E-state index in [0.717, 1.165) is 11.1 Å². The number of nitrogens with zero attached hydrogens (tertiary/aromatic N) is 3. The van der Waals surface area contributed by atoms with Crippen molar-refractivity contribution in [1.29, 1.82) is 0 Å². The van der Waals surface area contributed by atoms with Crippen molar-refractivity contribution in [3.8, 4) is 16.8 Å². The van der Waals surface area contributed by atoms with Crippen molar-refractivity contribution in [3.63, 3.8) is 0 Å². The molecular formula is C20H14Cl2FN3O. The Bertz CT molecular complexity index is 1210. The molecule has 7 heteroatoms. The smallest absolute Gasteiger partial charge is 0.263 e. The van der Waals surface area contributed by atoms with E-state index in [1.54, 1.807) is 27.3 Å². The van der Waals surface area contributed by atoms with Gasteiger partial charge in [-0.3, -0.25) is 9.36 Å². The number of aromatic nitrogens is 3. The second kappa shape index (κ2) is 6.83. The topological polar surface area (TPSA) is 39.8 Å². The van der Waals surface area contributed by atoms with Gasteiger partial charge in [-0.1, -0.05) is 35.3 Å². The molecule has 0 unspecified atom stereocenters.